The van der Waals surface area contributed by atoms with Crippen LogP contribution in [0.5, 0.6) is 0 Å². The van der Waals surface area contributed by atoms with Gasteiger partial charge in [0.25, 0.3) is 0 Å². The molecule has 2 N–H and O–H groups in total. The van der Waals surface area contributed by atoms with Crippen molar-refractivity contribution in [3.8, 4) is 0 Å². The lowest BCUT2D eigenvalue weighted by atomic mass is 9.96. The van der Waals surface area contributed by atoms with Gasteiger partial charge in [0.2, 0.25) is 0 Å². The fraction of sp³-hybridized carbons (Fsp3) is 0.588. The highest BCUT2D eigenvalue weighted by atomic mass is 35.5. The standard InChI is InChI=1S/C17H25ClN2O3/c1-2-23-17(22)13-7-9-20(10-8-13)15-5-3-14(4-6-15)19-12-16(21)11-18/h3-6,13,16,19,21H,2,7-12H2,1H3. The number of esters is 1. The van der Waals surface area contributed by atoms with Gasteiger partial charge in [0.15, 0.2) is 0 Å². The van der Waals surface area contributed by atoms with Crippen LogP contribution >= 0.6 is 11.6 Å². The van der Waals surface area contributed by atoms with Gasteiger partial charge in [0, 0.05) is 31.0 Å². The van der Waals surface area contributed by atoms with E-state index in [0.29, 0.717) is 13.2 Å². The first-order valence-electron chi connectivity index (χ1n) is 8.13. The van der Waals surface area contributed by atoms with Crippen LogP contribution in [0, 0.1) is 5.92 Å². The molecule has 1 aromatic rings. The summed E-state index contributed by atoms with van der Waals surface area (Å²) < 4.78 is 5.10. The Hall–Kier alpha value is -1.46. The Morgan fingerprint density at radius 1 is 1.39 bits per heavy atom. The van der Waals surface area contributed by atoms with Crippen molar-refractivity contribution in [1.82, 2.24) is 0 Å². The number of aliphatic hydroxyl groups is 1. The molecule has 1 atom stereocenters. The van der Waals surface area contributed by atoms with Gasteiger partial charge in [0.05, 0.1) is 24.5 Å². The van der Waals surface area contributed by atoms with Crippen LogP contribution in [-0.2, 0) is 9.53 Å². The zero-order valence-electron chi connectivity index (χ0n) is 13.5. The molecular formula is C17H25ClN2O3. The van der Waals surface area contributed by atoms with Crippen molar-refractivity contribution in [2.75, 3.05) is 42.3 Å². The summed E-state index contributed by atoms with van der Waals surface area (Å²) in [5.74, 6) is 0.189. The summed E-state index contributed by atoms with van der Waals surface area (Å²) in [5.41, 5.74) is 2.11. The van der Waals surface area contributed by atoms with Crippen molar-refractivity contribution in [3.05, 3.63) is 24.3 Å². The number of benzene rings is 1. The Kier molecular flexibility index (Phi) is 6.99. The fourth-order valence-corrected chi connectivity index (χ4v) is 2.82. The highest BCUT2D eigenvalue weighted by molar-refractivity contribution is 6.18. The maximum atomic E-state index is 11.8. The largest absolute Gasteiger partial charge is 0.466 e. The highest BCUT2D eigenvalue weighted by Gasteiger charge is 2.25. The summed E-state index contributed by atoms with van der Waals surface area (Å²) in [5, 5.41) is 12.6. The predicted octanol–water partition coefficient (Wildman–Crippen LogP) is 2.48. The highest BCUT2D eigenvalue weighted by Crippen LogP contribution is 2.25. The number of rotatable bonds is 7. The van der Waals surface area contributed by atoms with Gasteiger partial charge in [0.1, 0.15) is 0 Å². The average Bonchev–Trinajstić information content (AvgIpc) is 2.60. The molecule has 1 saturated heterocycles. The molecule has 0 saturated carbocycles. The molecule has 1 aromatic carbocycles. The Balaban J connectivity index is 1.83. The molecule has 0 aliphatic carbocycles. The van der Waals surface area contributed by atoms with Crippen molar-refractivity contribution in [2.24, 2.45) is 5.92 Å². The number of nitrogens with zero attached hydrogens (tertiary/aromatic N) is 1. The van der Waals surface area contributed by atoms with E-state index in [2.05, 4.69) is 22.3 Å². The molecule has 23 heavy (non-hydrogen) atoms. The van der Waals surface area contributed by atoms with Gasteiger partial charge in [-0.15, -0.1) is 11.6 Å². The summed E-state index contributed by atoms with van der Waals surface area (Å²) >= 11 is 5.57. The number of carbonyl (C=O) groups is 1. The summed E-state index contributed by atoms with van der Waals surface area (Å²) in [7, 11) is 0. The van der Waals surface area contributed by atoms with Crippen LogP contribution in [0.15, 0.2) is 24.3 Å². The molecule has 0 spiro atoms. The van der Waals surface area contributed by atoms with E-state index in [-0.39, 0.29) is 17.8 Å². The minimum absolute atomic E-state index is 0.0316. The van der Waals surface area contributed by atoms with Gasteiger partial charge >= 0.3 is 5.97 Å². The molecule has 1 aliphatic heterocycles. The van der Waals surface area contributed by atoms with Gasteiger partial charge in [-0.2, -0.15) is 0 Å². The van der Waals surface area contributed by atoms with E-state index in [0.717, 1.165) is 37.3 Å². The van der Waals surface area contributed by atoms with Gasteiger partial charge in [-0.1, -0.05) is 0 Å². The van der Waals surface area contributed by atoms with Crippen molar-refractivity contribution in [1.29, 1.82) is 0 Å². The third kappa shape index (κ3) is 5.29. The smallest absolute Gasteiger partial charge is 0.309 e. The number of hydrogen-bond acceptors (Lipinski definition) is 5. The van der Waals surface area contributed by atoms with Gasteiger partial charge in [-0.25, -0.2) is 0 Å². The van der Waals surface area contributed by atoms with E-state index in [9.17, 15) is 9.90 Å². The molecule has 0 amide bonds. The second-order valence-electron chi connectivity index (χ2n) is 5.75. The van der Waals surface area contributed by atoms with Gasteiger partial charge in [-0.05, 0) is 44.0 Å². The fourth-order valence-electron chi connectivity index (χ4n) is 2.71. The topological polar surface area (TPSA) is 61.8 Å². The maximum Gasteiger partial charge on any atom is 0.309 e. The molecule has 0 bridgehead atoms. The molecular weight excluding hydrogens is 316 g/mol. The number of anilines is 2. The van der Waals surface area contributed by atoms with Crippen molar-refractivity contribution < 1.29 is 14.6 Å². The summed E-state index contributed by atoms with van der Waals surface area (Å²) in [6.45, 7) is 4.46. The van der Waals surface area contributed by atoms with Crippen LogP contribution < -0.4 is 10.2 Å². The normalized spacial score (nSPS) is 16.9. The monoisotopic (exact) mass is 340 g/mol. The van der Waals surface area contributed by atoms with Crippen molar-refractivity contribution >= 4 is 28.9 Å². The molecule has 1 unspecified atom stereocenters. The minimum Gasteiger partial charge on any atom is -0.466 e. The zero-order valence-corrected chi connectivity index (χ0v) is 14.3. The van der Waals surface area contributed by atoms with E-state index in [1.807, 2.05) is 19.1 Å². The lowest BCUT2D eigenvalue weighted by molar-refractivity contribution is -0.148. The van der Waals surface area contributed by atoms with Crippen LogP contribution in [0.4, 0.5) is 11.4 Å². The molecule has 1 fully saturated rings. The first-order valence-corrected chi connectivity index (χ1v) is 8.67. The third-order valence-electron chi connectivity index (χ3n) is 4.07. The van der Waals surface area contributed by atoms with E-state index >= 15 is 0 Å². The lowest BCUT2D eigenvalue weighted by Gasteiger charge is -2.32. The first kappa shape index (κ1) is 17.9. The van der Waals surface area contributed by atoms with Gasteiger partial charge in [-0.3, -0.25) is 4.79 Å². The lowest BCUT2D eigenvalue weighted by Crippen LogP contribution is -2.36. The number of ether oxygens (including phenoxy) is 1. The molecule has 128 valence electrons. The van der Waals surface area contributed by atoms with Gasteiger partial charge < -0.3 is 20.1 Å². The van der Waals surface area contributed by atoms with E-state index in [4.69, 9.17) is 16.3 Å². The summed E-state index contributed by atoms with van der Waals surface area (Å²) in [6, 6.07) is 8.10. The van der Waals surface area contributed by atoms with E-state index in [1.165, 1.54) is 0 Å². The molecule has 0 aromatic heterocycles. The van der Waals surface area contributed by atoms with Crippen LogP contribution in [0.25, 0.3) is 0 Å². The Morgan fingerprint density at radius 3 is 2.61 bits per heavy atom. The van der Waals surface area contributed by atoms with E-state index < -0.39 is 6.10 Å². The first-order chi connectivity index (χ1) is 11.1. The van der Waals surface area contributed by atoms with Crippen molar-refractivity contribution in [3.63, 3.8) is 0 Å². The number of carbonyl (C=O) groups excluding carboxylic acids is 1. The number of nitrogens with one attached hydrogen (secondary N) is 1. The Bertz CT molecular complexity index is 487. The van der Waals surface area contributed by atoms with Crippen molar-refractivity contribution in [2.45, 2.75) is 25.9 Å². The molecule has 6 heteroatoms. The number of hydrogen-bond donors (Lipinski definition) is 2. The predicted molar refractivity (Wildman–Crippen MR) is 93.2 cm³/mol. The minimum atomic E-state index is -0.543. The SMILES string of the molecule is CCOC(=O)C1CCN(c2ccc(NCC(O)CCl)cc2)CC1. The number of piperidine rings is 1. The summed E-state index contributed by atoms with van der Waals surface area (Å²) in [6.07, 6.45) is 1.12. The number of halogens is 1. The second kappa shape index (κ2) is 8.99. The Morgan fingerprint density at radius 2 is 2.04 bits per heavy atom. The summed E-state index contributed by atoms with van der Waals surface area (Å²) in [4.78, 5) is 14.0. The molecule has 2 rings (SSSR count). The molecule has 0 radical (unpaired) electrons. The maximum absolute atomic E-state index is 11.8. The van der Waals surface area contributed by atoms with Crippen LogP contribution in [0.3, 0.4) is 0 Å². The quantitative estimate of drug-likeness (QED) is 0.590. The number of alkyl halides is 1. The van der Waals surface area contributed by atoms with Crippen LogP contribution in [0.2, 0.25) is 0 Å². The number of aliphatic hydroxyl groups excluding tert-OH is 1. The van der Waals surface area contributed by atoms with Crippen LogP contribution in [-0.4, -0.2) is 49.3 Å². The average molecular weight is 341 g/mol. The second-order valence-corrected chi connectivity index (χ2v) is 6.06. The molecule has 1 heterocycles. The van der Waals surface area contributed by atoms with Crippen LogP contribution in [0.1, 0.15) is 19.8 Å². The zero-order chi connectivity index (χ0) is 16.7. The van der Waals surface area contributed by atoms with E-state index in [1.54, 1.807) is 0 Å². The molecule has 5 nitrogen and oxygen atoms in total. The molecule has 1 aliphatic rings. The third-order valence-corrected chi connectivity index (χ3v) is 4.42. The Labute approximate surface area is 142 Å².